The molecule has 0 aliphatic rings. The Kier molecular flexibility index (Phi) is 5.87. The standard InChI is InChI=1S/C18H24N4O2/c1-18(2,3)13-7-5-6-8-14(13)22-16-12-20-15(11-21-16)17(23)19-9-10-24-4/h5-8,11-12H,9-10H2,1-4H3,(H,19,23)(H,21,22). The van der Waals surface area contributed by atoms with Crippen LogP contribution < -0.4 is 10.6 Å². The molecule has 1 amide bonds. The Balaban J connectivity index is 2.09. The van der Waals surface area contributed by atoms with Gasteiger partial charge in [-0.3, -0.25) is 4.79 Å². The van der Waals surface area contributed by atoms with E-state index in [4.69, 9.17) is 4.74 Å². The van der Waals surface area contributed by atoms with Gasteiger partial charge in [-0.15, -0.1) is 0 Å². The van der Waals surface area contributed by atoms with Gasteiger partial charge in [0.05, 0.1) is 19.0 Å². The van der Waals surface area contributed by atoms with Crippen molar-refractivity contribution in [3.63, 3.8) is 0 Å². The number of hydrogen-bond acceptors (Lipinski definition) is 5. The number of anilines is 2. The number of carbonyl (C=O) groups is 1. The molecule has 128 valence electrons. The zero-order valence-electron chi connectivity index (χ0n) is 14.6. The van der Waals surface area contributed by atoms with Crippen molar-refractivity contribution < 1.29 is 9.53 Å². The summed E-state index contributed by atoms with van der Waals surface area (Å²) in [5.74, 6) is 0.335. The molecule has 0 spiro atoms. The highest BCUT2D eigenvalue weighted by molar-refractivity contribution is 5.92. The minimum absolute atomic E-state index is 0.0121. The van der Waals surface area contributed by atoms with Crippen LogP contribution in [0.4, 0.5) is 11.5 Å². The number of amides is 1. The van der Waals surface area contributed by atoms with Gasteiger partial charge in [-0.05, 0) is 17.0 Å². The van der Waals surface area contributed by atoms with Crippen molar-refractivity contribution in [1.29, 1.82) is 0 Å². The second-order valence-electron chi connectivity index (χ2n) is 6.46. The zero-order valence-corrected chi connectivity index (χ0v) is 14.6. The average molecular weight is 328 g/mol. The highest BCUT2D eigenvalue weighted by atomic mass is 16.5. The Labute approximate surface area is 142 Å². The Bertz CT molecular complexity index is 678. The lowest BCUT2D eigenvalue weighted by atomic mass is 9.86. The third-order valence-corrected chi connectivity index (χ3v) is 3.47. The first-order valence-electron chi connectivity index (χ1n) is 7.87. The first kappa shape index (κ1) is 17.9. The van der Waals surface area contributed by atoms with Crippen molar-refractivity contribution in [3.8, 4) is 0 Å². The molecular formula is C18H24N4O2. The fourth-order valence-electron chi connectivity index (χ4n) is 2.25. The first-order valence-corrected chi connectivity index (χ1v) is 7.87. The lowest BCUT2D eigenvalue weighted by molar-refractivity contribution is 0.0932. The van der Waals surface area contributed by atoms with Gasteiger partial charge in [0.25, 0.3) is 5.91 Å². The van der Waals surface area contributed by atoms with Crippen LogP contribution in [-0.2, 0) is 10.2 Å². The van der Waals surface area contributed by atoms with Crippen LogP contribution in [0.1, 0.15) is 36.8 Å². The van der Waals surface area contributed by atoms with Crippen molar-refractivity contribution in [2.24, 2.45) is 0 Å². The third-order valence-electron chi connectivity index (χ3n) is 3.47. The van der Waals surface area contributed by atoms with Gasteiger partial charge in [-0.25, -0.2) is 9.97 Å². The van der Waals surface area contributed by atoms with Crippen LogP contribution in [0.2, 0.25) is 0 Å². The van der Waals surface area contributed by atoms with Crippen molar-refractivity contribution >= 4 is 17.4 Å². The number of ether oxygens (including phenoxy) is 1. The van der Waals surface area contributed by atoms with E-state index in [1.165, 1.54) is 11.8 Å². The molecular weight excluding hydrogens is 304 g/mol. The molecule has 2 N–H and O–H groups in total. The second kappa shape index (κ2) is 7.88. The molecule has 24 heavy (non-hydrogen) atoms. The average Bonchev–Trinajstić information content (AvgIpc) is 2.55. The van der Waals surface area contributed by atoms with E-state index in [9.17, 15) is 4.79 Å². The van der Waals surface area contributed by atoms with Crippen molar-refractivity contribution in [2.45, 2.75) is 26.2 Å². The van der Waals surface area contributed by atoms with Crippen molar-refractivity contribution in [3.05, 3.63) is 47.9 Å². The molecule has 0 fully saturated rings. The molecule has 0 aliphatic heterocycles. The summed E-state index contributed by atoms with van der Waals surface area (Å²) in [7, 11) is 1.59. The molecule has 1 heterocycles. The van der Waals surface area contributed by atoms with E-state index in [-0.39, 0.29) is 17.0 Å². The highest BCUT2D eigenvalue weighted by Gasteiger charge is 2.17. The van der Waals surface area contributed by atoms with Gasteiger partial charge in [-0.2, -0.15) is 0 Å². The second-order valence-corrected chi connectivity index (χ2v) is 6.46. The number of aromatic nitrogens is 2. The third kappa shape index (κ3) is 4.76. The van der Waals surface area contributed by atoms with E-state index in [1.807, 2.05) is 18.2 Å². The summed E-state index contributed by atoms with van der Waals surface area (Å²) in [6, 6.07) is 8.09. The van der Waals surface area contributed by atoms with Crippen LogP contribution in [0.5, 0.6) is 0 Å². The fraction of sp³-hybridized carbons (Fsp3) is 0.389. The topological polar surface area (TPSA) is 76.1 Å². The maximum Gasteiger partial charge on any atom is 0.271 e. The first-order chi connectivity index (χ1) is 11.4. The van der Waals surface area contributed by atoms with E-state index < -0.39 is 0 Å². The molecule has 6 heteroatoms. The van der Waals surface area contributed by atoms with Crippen LogP contribution in [0.3, 0.4) is 0 Å². The maximum atomic E-state index is 11.9. The molecule has 0 atom stereocenters. The van der Waals surface area contributed by atoms with Gasteiger partial charge in [0, 0.05) is 19.3 Å². The summed E-state index contributed by atoms with van der Waals surface area (Å²) in [6.45, 7) is 7.38. The largest absolute Gasteiger partial charge is 0.383 e. The van der Waals surface area contributed by atoms with Gasteiger partial charge in [0.2, 0.25) is 0 Å². The van der Waals surface area contributed by atoms with Crippen LogP contribution >= 0.6 is 0 Å². The maximum absolute atomic E-state index is 11.9. The quantitative estimate of drug-likeness (QED) is 0.798. The molecule has 0 saturated carbocycles. The number of para-hydroxylation sites is 1. The molecule has 1 aromatic heterocycles. The minimum atomic E-state index is -0.263. The van der Waals surface area contributed by atoms with E-state index in [0.717, 1.165) is 5.69 Å². The summed E-state index contributed by atoms with van der Waals surface area (Å²) >= 11 is 0. The van der Waals surface area contributed by atoms with Crippen LogP contribution in [0.25, 0.3) is 0 Å². The molecule has 0 bridgehead atoms. The number of carbonyl (C=O) groups excluding carboxylic acids is 1. The van der Waals surface area contributed by atoms with Crippen molar-refractivity contribution in [1.82, 2.24) is 15.3 Å². The molecule has 2 aromatic rings. The zero-order chi connectivity index (χ0) is 17.6. The molecule has 2 rings (SSSR count). The summed E-state index contributed by atoms with van der Waals surface area (Å²) in [5.41, 5.74) is 2.46. The normalized spacial score (nSPS) is 11.2. The number of benzene rings is 1. The van der Waals surface area contributed by atoms with E-state index in [0.29, 0.717) is 19.0 Å². The number of hydrogen-bond donors (Lipinski definition) is 2. The predicted octanol–water partition coefficient (Wildman–Crippen LogP) is 2.89. The molecule has 0 aliphatic carbocycles. The minimum Gasteiger partial charge on any atom is -0.383 e. The molecule has 0 unspecified atom stereocenters. The van der Waals surface area contributed by atoms with E-state index in [1.54, 1.807) is 13.3 Å². The van der Waals surface area contributed by atoms with E-state index in [2.05, 4.69) is 47.4 Å². The van der Waals surface area contributed by atoms with Crippen LogP contribution in [0, 0.1) is 0 Å². The Morgan fingerprint density at radius 1 is 1.17 bits per heavy atom. The van der Waals surface area contributed by atoms with Gasteiger partial charge in [0.15, 0.2) is 0 Å². The van der Waals surface area contributed by atoms with Gasteiger partial charge >= 0.3 is 0 Å². The molecule has 0 radical (unpaired) electrons. The summed E-state index contributed by atoms with van der Waals surface area (Å²) < 4.78 is 4.89. The summed E-state index contributed by atoms with van der Waals surface area (Å²) in [5, 5.41) is 5.98. The lowest BCUT2D eigenvalue weighted by Crippen LogP contribution is -2.27. The van der Waals surface area contributed by atoms with Gasteiger partial charge < -0.3 is 15.4 Å². The number of nitrogens with one attached hydrogen (secondary N) is 2. The molecule has 0 saturated heterocycles. The van der Waals surface area contributed by atoms with Gasteiger partial charge in [-0.1, -0.05) is 39.0 Å². The van der Waals surface area contributed by atoms with Gasteiger partial charge in [0.1, 0.15) is 11.5 Å². The smallest absolute Gasteiger partial charge is 0.271 e. The number of rotatable bonds is 6. The fourth-order valence-corrected chi connectivity index (χ4v) is 2.25. The number of methoxy groups -OCH3 is 1. The SMILES string of the molecule is COCCNC(=O)c1cnc(Nc2ccccc2C(C)(C)C)cn1. The summed E-state index contributed by atoms with van der Waals surface area (Å²) in [4.78, 5) is 20.3. The Hall–Kier alpha value is -2.47. The molecule has 1 aromatic carbocycles. The number of nitrogens with zero attached hydrogens (tertiary/aromatic N) is 2. The summed E-state index contributed by atoms with van der Waals surface area (Å²) in [6.07, 6.45) is 3.02. The molecule has 6 nitrogen and oxygen atoms in total. The highest BCUT2D eigenvalue weighted by Crippen LogP contribution is 2.30. The Morgan fingerprint density at radius 3 is 2.54 bits per heavy atom. The van der Waals surface area contributed by atoms with Crippen LogP contribution in [-0.4, -0.2) is 36.1 Å². The Morgan fingerprint density at radius 2 is 1.92 bits per heavy atom. The predicted molar refractivity (Wildman–Crippen MR) is 94.7 cm³/mol. The monoisotopic (exact) mass is 328 g/mol. The lowest BCUT2D eigenvalue weighted by Gasteiger charge is -2.23. The van der Waals surface area contributed by atoms with E-state index >= 15 is 0 Å². The van der Waals surface area contributed by atoms with Crippen molar-refractivity contribution in [2.75, 3.05) is 25.6 Å². The van der Waals surface area contributed by atoms with Crippen LogP contribution in [0.15, 0.2) is 36.7 Å².